The molecule has 0 spiro atoms. The highest BCUT2D eigenvalue weighted by Gasteiger charge is 2.32. The molecular formula is C32H46N3O7P. The van der Waals surface area contributed by atoms with Crippen molar-refractivity contribution in [3.05, 3.63) is 71.8 Å². The predicted molar refractivity (Wildman–Crippen MR) is 166 cm³/mol. The van der Waals surface area contributed by atoms with Crippen molar-refractivity contribution in [1.82, 2.24) is 16.0 Å². The summed E-state index contributed by atoms with van der Waals surface area (Å²) in [6, 6.07) is 17.8. The highest BCUT2D eigenvalue weighted by Crippen LogP contribution is 2.51. The molecule has 3 amide bonds. The van der Waals surface area contributed by atoms with Crippen LogP contribution in [0.3, 0.4) is 0 Å². The molecule has 0 bridgehead atoms. The molecule has 0 aromatic heterocycles. The molecule has 3 unspecified atom stereocenters. The maximum Gasteiger partial charge on any atom is 0.407 e. The average molecular weight is 616 g/mol. The molecule has 3 atom stereocenters. The van der Waals surface area contributed by atoms with Gasteiger partial charge in [0.2, 0.25) is 19.2 Å². The Kier molecular flexibility index (Phi) is 14.2. The zero-order valence-corrected chi connectivity index (χ0v) is 26.1. The Morgan fingerprint density at radius 3 is 2.12 bits per heavy atom. The van der Waals surface area contributed by atoms with Gasteiger partial charge in [0, 0.05) is 12.7 Å². The summed E-state index contributed by atoms with van der Waals surface area (Å²) in [5, 5.41) is 18.5. The normalized spacial score (nSPS) is 16.5. The lowest BCUT2D eigenvalue weighted by Gasteiger charge is -2.28. The van der Waals surface area contributed by atoms with E-state index < -0.39 is 37.4 Å². The number of carbonyl (C=O) groups is 3. The van der Waals surface area contributed by atoms with E-state index >= 15 is 0 Å². The first-order valence-electron chi connectivity index (χ1n) is 15.1. The molecule has 1 fully saturated rings. The number of hydrogen-bond donors (Lipinski definition) is 4. The van der Waals surface area contributed by atoms with E-state index in [2.05, 4.69) is 16.0 Å². The Morgan fingerprint density at radius 2 is 1.51 bits per heavy atom. The number of rotatable bonds is 16. The first-order valence-corrected chi connectivity index (χ1v) is 17.1. The van der Waals surface area contributed by atoms with Gasteiger partial charge in [0.25, 0.3) is 0 Å². The fourth-order valence-electron chi connectivity index (χ4n) is 5.11. The predicted octanol–water partition coefficient (Wildman–Crippen LogP) is 4.61. The summed E-state index contributed by atoms with van der Waals surface area (Å²) in [6.45, 7) is 3.32. The van der Waals surface area contributed by atoms with E-state index in [1.807, 2.05) is 60.7 Å². The minimum Gasteiger partial charge on any atom is -0.445 e. The molecule has 0 aliphatic heterocycles. The fourth-order valence-corrected chi connectivity index (χ4v) is 7.78. The van der Waals surface area contributed by atoms with Crippen molar-refractivity contribution in [2.24, 2.45) is 11.8 Å². The number of ether oxygens (including phenoxy) is 1. The Labute approximate surface area is 254 Å². The van der Waals surface area contributed by atoms with Gasteiger partial charge < -0.3 is 30.3 Å². The highest BCUT2D eigenvalue weighted by molar-refractivity contribution is 7.59. The van der Waals surface area contributed by atoms with E-state index in [4.69, 9.17) is 9.26 Å². The Morgan fingerprint density at radius 1 is 0.907 bits per heavy atom. The second-order valence-electron chi connectivity index (χ2n) is 11.5. The Balaban J connectivity index is 1.47. The van der Waals surface area contributed by atoms with E-state index in [0.717, 1.165) is 36.8 Å². The zero-order chi connectivity index (χ0) is 31.1. The van der Waals surface area contributed by atoms with Gasteiger partial charge in [-0.05, 0) is 35.8 Å². The van der Waals surface area contributed by atoms with Gasteiger partial charge in [-0.25, -0.2) is 4.79 Å². The summed E-state index contributed by atoms with van der Waals surface area (Å²) in [4.78, 5) is 37.4. The number of alkyl carbamates (subject to hydrolysis) is 1. The lowest BCUT2D eigenvalue weighted by atomic mass is 9.91. The number of nitrogens with one attached hydrogen (secondary N) is 3. The van der Waals surface area contributed by atoms with Gasteiger partial charge in [-0.1, -0.05) is 93.8 Å². The van der Waals surface area contributed by atoms with E-state index in [0.29, 0.717) is 12.1 Å². The summed E-state index contributed by atoms with van der Waals surface area (Å²) in [6.07, 6.45) is 3.91. The van der Waals surface area contributed by atoms with Crippen molar-refractivity contribution in [3.8, 4) is 0 Å². The van der Waals surface area contributed by atoms with Crippen molar-refractivity contribution >= 4 is 25.3 Å². The molecule has 1 aliphatic carbocycles. The third-order valence-corrected chi connectivity index (χ3v) is 10.1. The monoisotopic (exact) mass is 615 g/mol. The van der Waals surface area contributed by atoms with E-state index in [9.17, 15) is 24.1 Å². The summed E-state index contributed by atoms with van der Waals surface area (Å²) in [5.41, 5.74) is 1.72. The van der Waals surface area contributed by atoms with Gasteiger partial charge in [0.1, 0.15) is 19.2 Å². The SMILES string of the molecule is CC(C)C(NC(=O)CNC(=O)OCc1ccccc1)C(=O)NCC(O)CP(=O)(CC1CCCCC1)OCc1ccccc1. The summed E-state index contributed by atoms with van der Waals surface area (Å²) >= 11 is 0. The van der Waals surface area contributed by atoms with Crippen LogP contribution < -0.4 is 16.0 Å². The van der Waals surface area contributed by atoms with Gasteiger partial charge in [-0.2, -0.15) is 0 Å². The molecule has 10 nitrogen and oxygen atoms in total. The molecule has 1 saturated carbocycles. The molecule has 0 heterocycles. The first kappa shape index (κ1) is 34.3. The topological polar surface area (TPSA) is 143 Å². The van der Waals surface area contributed by atoms with Crippen molar-refractivity contribution in [2.45, 2.75) is 71.3 Å². The summed E-state index contributed by atoms with van der Waals surface area (Å²) in [7, 11) is -3.20. The number of carbonyl (C=O) groups excluding carboxylic acids is 3. The van der Waals surface area contributed by atoms with Crippen LogP contribution in [0.4, 0.5) is 4.79 Å². The average Bonchev–Trinajstić information content (AvgIpc) is 3.01. The fraction of sp³-hybridized carbons (Fsp3) is 0.531. The van der Waals surface area contributed by atoms with Crippen LogP contribution in [-0.4, -0.2) is 60.6 Å². The molecule has 2 aromatic carbocycles. The van der Waals surface area contributed by atoms with Gasteiger partial charge in [-0.3, -0.25) is 14.2 Å². The number of amides is 3. The van der Waals surface area contributed by atoms with E-state index in [1.54, 1.807) is 13.8 Å². The number of aliphatic hydroxyl groups excluding tert-OH is 1. The molecule has 3 rings (SSSR count). The smallest absolute Gasteiger partial charge is 0.407 e. The lowest BCUT2D eigenvalue weighted by molar-refractivity contribution is -0.129. The molecule has 2 aromatic rings. The highest BCUT2D eigenvalue weighted by atomic mass is 31.2. The maximum absolute atomic E-state index is 14.0. The van der Waals surface area contributed by atoms with Crippen LogP contribution >= 0.6 is 7.37 Å². The van der Waals surface area contributed by atoms with Crippen LogP contribution in [0, 0.1) is 11.8 Å². The van der Waals surface area contributed by atoms with Crippen LogP contribution in [0.5, 0.6) is 0 Å². The van der Waals surface area contributed by atoms with Gasteiger partial charge in [0.15, 0.2) is 0 Å². The van der Waals surface area contributed by atoms with Crippen molar-refractivity contribution in [1.29, 1.82) is 0 Å². The van der Waals surface area contributed by atoms with Crippen LogP contribution in [0.25, 0.3) is 0 Å². The number of benzene rings is 2. The van der Waals surface area contributed by atoms with Crippen LogP contribution in [0.1, 0.15) is 57.1 Å². The summed E-state index contributed by atoms with van der Waals surface area (Å²) < 4.78 is 25.1. The molecule has 1 aliphatic rings. The minimum absolute atomic E-state index is 0.0651. The maximum atomic E-state index is 14.0. The Bertz CT molecular complexity index is 1190. The van der Waals surface area contributed by atoms with Gasteiger partial charge in [-0.15, -0.1) is 0 Å². The molecule has 0 saturated heterocycles. The third kappa shape index (κ3) is 12.9. The van der Waals surface area contributed by atoms with E-state index in [-0.39, 0.29) is 38.4 Å². The second kappa shape index (κ2) is 17.8. The number of hydrogen-bond acceptors (Lipinski definition) is 7. The van der Waals surface area contributed by atoms with Crippen LogP contribution in [-0.2, 0) is 36.6 Å². The minimum atomic E-state index is -3.20. The molecule has 0 radical (unpaired) electrons. The molecule has 236 valence electrons. The quantitative estimate of drug-likeness (QED) is 0.202. The van der Waals surface area contributed by atoms with Crippen LogP contribution in [0.2, 0.25) is 0 Å². The zero-order valence-electron chi connectivity index (χ0n) is 25.2. The van der Waals surface area contributed by atoms with Gasteiger partial charge >= 0.3 is 6.09 Å². The standard InChI is InChI=1S/C32H46N3O7P/c1-24(2)30(35-29(37)19-34-32(39)41-20-25-12-6-3-7-13-25)31(38)33-18-28(36)23-43(40,22-27-16-10-5-11-17-27)42-21-26-14-8-4-9-15-26/h3-4,6-9,12-15,24,27-28,30,36H,5,10-11,16-23H2,1-2H3,(H,33,38)(H,34,39)(H,35,37). The van der Waals surface area contributed by atoms with Gasteiger partial charge in [0.05, 0.1) is 18.9 Å². The van der Waals surface area contributed by atoms with Crippen molar-refractivity contribution < 1.29 is 33.3 Å². The lowest BCUT2D eigenvalue weighted by Crippen LogP contribution is -2.53. The molecule has 11 heteroatoms. The second-order valence-corrected chi connectivity index (χ2v) is 14.2. The summed E-state index contributed by atoms with van der Waals surface area (Å²) in [5.74, 6) is -1.02. The number of aliphatic hydroxyl groups is 1. The Hall–Kier alpha value is -3.20. The molecule has 43 heavy (non-hydrogen) atoms. The molecular weight excluding hydrogens is 569 g/mol. The van der Waals surface area contributed by atoms with Crippen LogP contribution in [0.15, 0.2) is 60.7 Å². The first-order chi connectivity index (χ1) is 20.6. The third-order valence-electron chi connectivity index (χ3n) is 7.44. The van der Waals surface area contributed by atoms with Crippen molar-refractivity contribution in [2.75, 3.05) is 25.4 Å². The van der Waals surface area contributed by atoms with E-state index in [1.165, 1.54) is 6.42 Å². The largest absolute Gasteiger partial charge is 0.445 e. The molecule has 4 N–H and O–H groups in total. The van der Waals surface area contributed by atoms with Crippen molar-refractivity contribution in [3.63, 3.8) is 0 Å².